The van der Waals surface area contributed by atoms with Gasteiger partial charge in [0.25, 0.3) is 0 Å². The number of rotatable bonds is 14. The Balaban J connectivity index is 1.36. The average Bonchev–Trinajstić information content (AvgIpc) is 3.03. The SMILES string of the molecule is CCOc1cc([C@@H]2NC(=O)NC(C)=C2C(=O)OC)ccc1OC[C@@H](O)N/N=C\c1ccc(OCc2ccc(I)cc2)c(OC)c1. The molecule has 2 amide bonds. The van der Waals surface area contributed by atoms with Gasteiger partial charge in [-0.25, -0.2) is 9.59 Å². The molecule has 2 atom stereocenters. The second-order valence-electron chi connectivity index (χ2n) is 9.74. The van der Waals surface area contributed by atoms with Crippen molar-refractivity contribution in [2.45, 2.75) is 32.7 Å². The van der Waals surface area contributed by atoms with Gasteiger partial charge in [-0.05, 0) is 95.6 Å². The number of benzene rings is 3. The molecule has 13 heteroatoms. The van der Waals surface area contributed by atoms with Gasteiger partial charge in [-0.3, -0.25) is 5.43 Å². The average molecular weight is 731 g/mol. The minimum absolute atomic E-state index is 0.151. The fraction of sp³-hybridized carbons (Fsp3) is 0.281. The summed E-state index contributed by atoms with van der Waals surface area (Å²) in [6.07, 6.45) is 0.394. The molecule has 1 aliphatic rings. The quantitative estimate of drug-likeness (QED) is 0.0623. The van der Waals surface area contributed by atoms with Crippen molar-refractivity contribution < 1.29 is 38.4 Å². The van der Waals surface area contributed by atoms with Crippen molar-refractivity contribution in [2.24, 2.45) is 5.10 Å². The second-order valence-corrected chi connectivity index (χ2v) is 11.0. The number of hydrogen-bond acceptors (Lipinski definition) is 10. The molecule has 238 valence electrons. The van der Waals surface area contributed by atoms with Crippen molar-refractivity contribution in [3.05, 3.63) is 92.2 Å². The highest BCUT2D eigenvalue weighted by atomic mass is 127. The highest BCUT2D eigenvalue weighted by Gasteiger charge is 2.32. The van der Waals surface area contributed by atoms with Crippen LogP contribution in [0.2, 0.25) is 0 Å². The van der Waals surface area contributed by atoms with E-state index < -0.39 is 24.3 Å². The van der Waals surface area contributed by atoms with Crippen molar-refractivity contribution in [3.63, 3.8) is 0 Å². The summed E-state index contributed by atoms with van der Waals surface area (Å²) in [6.45, 7) is 4.03. The summed E-state index contributed by atoms with van der Waals surface area (Å²) in [5.41, 5.74) is 5.65. The van der Waals surface area contributed by atoms with Crippen LogP contribution < -0.4 is 35.0 Å². The largest absolute Gasteiger partial charge is 0.493 e. The fourth-order valence-electron chi connectivity index (χ4n) is 4.45. The van der Waals surface area contributed by atoms with E-state index in [2.05, 4.69) is 43.8 Å². The first-order valence-corrected chi connectivity index (χ1v) is 15.1. The first-order chi connectivity index (χ1) is 21.7. The minimum Gasteiger partial charge on any atom is -0.493 e. The number of allylic oxidation sites excluding steroid dienone is 1. The third-order valence-corrected chi connectivity index (χ3v) is 7.32. The van der Waals surface area contributed by atoms with Crippen LogP contribution in [0.1, 0.15) is 36.6 Å². The van der Waals surface area contributed by atoms with Crippen LogP contribution in [-0.4, -0.2) is 57.0 Å². The molecular weight excluding hydrogens is 695 g/mol. The molecule has 0 fully saturated rings. The number of urea groups is 1. The molecule has 12 nitrogen and oxygen atoms in total. The second kappa shape index (κ2) is 16.0. The summed E-state index contributed by atoms with van der Waals surface area (Å²) in [4.78, 5) is 24.6. The van der Waals surface area contributed by atoms with Gasteiger partial charge in [0.15, 0.2) is 29.2 Å². The van der Waals surface area contributed by atoms with Gasteiger partial charge in [-0.2, -0.15) is 5.10 Å². The van der Waals surface area contributed by atoms with Crippen LogP contribution in [-0.2, 0) is 16.1 Å². The maximum absolute atomic E-state index is 12.4. The van der Waals surface area contributed by atoms with Crippen molar-refractivity contribution in [3.8, 4) is 23.0 Å². The summed E-state index contributed by atoms with van der Waals surface area (Å²) in [7, 11) is 2.84. The number of halogens is 1. The lowest BCUT2D eigenvalue weighted by Gasteiger charge is -2.28. The van der Waals surface area contributed by atoms with Crippen LogP contribution in [0.4, 0.5) is 4.79 Å². The Morgan fingerprint density at radius 3 is 2.47 bits per heavy atom. The fourth-order valence-corrected chi connectivity index (χ4v) is 4.80. The molecule has 1 aliphatic heterocycles. The molecule has 0 spiro atoms. The smallest absolute Gasteiger partial charge is 0.337 e. The molecule has 0 aliphatic carbocycles. The topological polar surface area (TPSA) is 149 Å². The van der Waals surface area contributed by atoms with Crippen LogP contribution in [0.5, 0.6) is 23.0 Å². The van der Waals surface area contributed by atoms with Crippen LogP contribution in [0, 0.1) is 3.57 Å². The van der Waals surface area contributed by atoms with E-state index in [0.717, 1.165) is 14.7 Å². The maximum Gasteiger partial charge on any atom is 0.337 e. The number of nitrogens with one attached hydrogen (secondary N) is 3. The number of aliphatic hydroxyl groups is 1. The number of ether oxygens (including phenoxy) is 5. The summed E-state index contributed by atoms with van der Waals surface area (Å²) < 4.78 is 29.0. The van der Waals surface area contributed by atoms with Crippen LogP contribution in [0.25, 0.3) is 0 Å². The molecule has 45 heavy (non-hydrogen) atoms. The van der Waals surface area contributed by atoms with Crippen LogP contribution in [0.15, 0.2) is 77.0 Å². The number of methoxy groups -OCH3 is 2. The molecule has 3 aromatic carbocycles. The van der Waals surface area contributed by atoms with E-state index in [-0.39, 0.29) is 12.2 Å². The highest BCUT2D eigenvalue weighted by Crippen LogP contribution is 2.35. The molecule has 0 radical (unpaired) electrons. The van der Waals surface area contributed by atoms with Gasteiger partial charge < -0.3 is 39.4 Å². The lowest BCUT2D eigenvalue weighted by molar-refractivity contribution is -0.136. The standard InChI is InChI=1S/C32H35IN4O8/c1-5-43-27-15-22(30-29(31(39)42-4)19(2)35-32(40)36-30)9-13-25(27)45-18-28(38)37-34-16-21-8-12-24(26(14-21)41-3)44-17-20-6-10-23(33)11-7-20/h6-16,28,30,37-38H,5,17-18H2,1-4H3,(H2,35,36,40)/b34-16-/t28-,30+/m1/s1. The number of amides is 2. The molecule has 4 N–H and O–H groups in total. The lowest BCUT2D eigenvalue weighted by Crippen LogP contribution is -2.45. The Labute approximate surface area is 274 Å². The van der Waals surface area contributed by atoms with Gasteiger partial charge >= 0.3 is 12.0 Å². The summed E-state index contributed by atoms with van der Waals surface area (Å²) in [6, 6.07) is 17.3. The van der Waals surface area contributed by atoms with Gasteiger partial charge in [-0.15, -0.1) is 0 Å². The number of carbonyl (C=O) groups is 2. The molecule has 0 aromatic heterocycles. The van der Waals surface area contributed by atoms with Gasteiger partial charge in [0.05, 0.1) is 38.7 Å². The Morgan fingerprint density at radius 1 is 1.02 bits per heavy atom. The monoisotopic (exact) mass is 730 g/mol. The first kappa shape index (κ1) is 33.4. The predicted octanol–water partition coefficient (Wildman–Crippen LogP) is 4.40. The van der Waals surface area contributed by atoms with E-state index >= 15 is 0 Å². The predicted molar refractivity (Wildman–Crippen MR) is 175 cm³/mol. The zero-order valence-electron chi connectivity index (χ0n) is 25.3. The van der Waals surface area contributed by atoms with Crippen molar-refractivity contribution >= 4 is 40.8 Å². The number of esters is 1. The van der Waals surface area contributed by atoms with E-state index in [1.807, 2.05) is 37.3 Å². The van der Waals surface area contributed by atoms with Gasteiger partial charge in [0.2, 0.25) is 0 Å². The Morgan fingerprint density at radius 2 is 1.76 bits per heavy atom. The molecule has 0 unspecified atom stereocenters. The maximum atomic E-state index is 12.4. The van der Waals surface area contributed by atoms with E-state index in [1.165, 1.54) is 13.3 Å². The Hall–Kier alpha value is -4.50. The molecule has 0 bridgehead atoms. The van der Waals surface area contributed by atoms with Crippen molar-refractivity contribution in [1.29, 1.82) is 0 Å². The summed E-state index contributed by atoms with van der Waals surface area (Å²) in [5.74, 6) is 1.31. The van der Waals surface area contributed by atoms with Crippen LogP contribution in [0.3, 0.4) is 0 Å². The molecular formula is C32H35IN4O8. The molecule has 1 heterocycles. The van der Waals surface area contributed by atoms with Gasteiger partial charge in [0, 0.05) is 9.27 Å². The zero-order valence-corrected chi connectivity index (χ0v) is 27.4. The molecule has 0 saturated heterocycles. The summed E-state index contributed by atoms with van der Waals surface area (Å²) >= 11 is 2.26. The van der Waals surface area contributed by atoms with E-state index in [0.29, 0.717) is 47.5 Å². The number of nitrogens with zero attached hydrogens (tertiary/aromatic N) is 1. The first-order valence-electron chi connectivity index (χ1n) is 14.0. The van der Waals surface area contributed by atoms with E-state index in [4.69, 9.17) is 23.7 Å². The number of hydrogen-bond donors (Lipinski definition) is 4. The van der Waals surface area contributed by atoms with E-state index in [9.17, 15) is 14.7 Å². The van der Waals surface area contributed by atoms with E-state index in [1.54, 1.807) is 44.4 Å². The number of aliphatic hydroxyl groups excluding tert-OH is 1. The van der Waals surface area contributed by atoms with Crippen molar-refractivity contribution in [1.82, 2.24) is 16.1 Å². The molecule has 3 aromatic rings. The Bertz CT molecular complexity index is 1560. The lowest BCUT2D eigenvalue weighted by atomic mass is 9.95. The third-order valence-electron chi connectivity index (χ3n) is 6.60. The number of hydrazone groups is 1. The highest BCUT2D eigenvalue weighted by molar-refractivity contribution is 14.1. The zero-order chi connectivity index (χ0) is 32.3. The normalized spacial score (nSPS) is 15.2. The molecule has 0 saturated carbocycles. The molecule has 4 rings (SSSR count). The third kappa shape index (κ3) is 9.01. The van der Waals surface area contributed by atoms with Gasteiger partial charge in [0.1, 0.15) is 13.2 Å². The van der Waals surface area contributed by atoms with Crippen LogP contribution >= 0.6 is 22.6 Å². The van der Waals surface area contributed by atoms with Crippen molar-refractivity contribution in [2.75, 3.05) is 27.4 Å². The summed E-state index contributed by atoms with van der Waals surface area (Å²) in [5, 5.41) is 19.9. The van der Waals surface area contributed by atoms with Gasteiger partial charge in [-0.1, -0.05) is 18.2 Å². The Kier molecular flexibility index (Phi) is 11.9. The number of carbonyl (C=O) groups excluding carboxylic acids is 2. The minimum atomic E-state index is -1.14.